The third-order valence-corrected chi connectivity index (χ3v) is 2.80. The molecule has 0 aromatic heterocycles. The molecule has 0 radical (unpaired) electrons. The molecule has 1 saturated heterocycles. The number of nitrogens with zero attached hydrogens (tertiary/aromatic N) is 2. The Labute approximate surface area is 132 Å². The van der Waals surface area contributed by atoms with Gasteiger partial charge in [-0.2, -0.15) is 0 Å². The maximum Gasteiger partial charge on any atom is 1.00 e. The van der Waals surface area contributed by atoms with Crippen molar-refractivity contribution >= 4 is 6.98 Å². The van der Waals surface area contributed by atoms with Crippen LogP contribution in [0.4, 0.5) is 12.9 Å². The normalized spacial score (nSPS) is 25.0. The zero-order chi connectivity index (χ0) is 10.8. The van der Waals surface area contributed by atoms with Crippen LogP contribution in [0.5, 0.6) is 0 Å². The van der Waals surface area contributed by atoms with Crippen LogP contribution in [0.15, 0.2) is 0 Å². The molecule has 0 N–H and O–H groups in total. The van der Waals surface area contributed by atoms with E-state index in [2.05, 4.69) is 4.90 Å². The van der Waals surface area contributed by atoms with Crippen molar-refractivity contribution in [2.75, 3.05) is 33.1 Å². The molecule has 1 heterocycles. The van der Waals surface area contributed by atoms with Crippen LogP contribution in [0.25, 0.3) is 0 Å². The monoisotopic (exact) mass is 248 g/mol. The number of hydrogen-bond donors (Lipinski definition) is 0. The first-order valence-electron chi connectivity index (χ1n) is 5.06. The van der Waals surface area contributed by atoms with Crippen LogP contribution in [0, 0.1) is 0 Å². The average molecular weight is 248 g/mol. The Kier molecular flexibility index (Phi) is 7.64. The molecule has 7 heteroatoms. The molecule has 0 spiro atoms. The fourth-order valence-electron chi connectivity index (χ4n) is 1.91. The molecular formula is C8H17BF3KN2. The molecule has 1 atom stereocenters. The first-order valence-corrected chi connectivity index (χ1v) is 5.06. The third-order valence-electron chi connectivity index (χ3n) is 2.80. The molecule has 0 saturated carbocycles. The maximum absolute atomic E-state index is 12.2. The molecule has 0 aromatic carbocycles. The van der Waals surface area contributed by atoms with Crippen LogP contribution >= 0.6 is 0 Å². The van der Waals surface area contributed by atoms with Gasteiger partial charge in [0.2, 0.25) is 0 Å². The van der Waals surface area contributed by atoms with Gasteiger partial charge < -0.3 is 22.7 Å². The van der Waals surface area contributed by atoms with E-state index in [0.29, 0.717) is 13.1 Å². The van der Waals surface area contributed by atoms with Gasteiger partial charge in [0.15, 0.2) is 0 Å². The number of hydrogen-bond acceptors (Lipinski definition) is 2. The average Bonchev–Trinajstić information content (AvgIpc) is 2.06. The molecule has 1 aliphatic rings. The van der Waals surface area contributed by atoms with Crippen LogP contribution in [-0.2, 0) is 0 Å². The van der Waals surface area contributed by atoms with Crippen LogP contribution in [0.2, 0.25) is 0 Å². The fraction of sp³-hybridized carbons (Fsp3) is 1.00. The smallest absolute Gasteiger partial charge is 0.448 e. The second-order valence-electron chi connectivity index (χ2n) is 4.01. The Morgan fingerprint density at radius 2 is 1.87 bits per heavy atom. The van der Waals surface area contributed by atoms with Crippen molar-refractivity contribution in [3.05, 3.63) is 0 Å². The summed E-state index contributed by atoms with van der Waals surface area (Å²) in [6.07, 6.45) is 0.211. The van der Waals surface area contributed by atoms with E-state index in [1.807, 2.05) is 14.0 Å². The van der Waals surface area contributed by atoms with Crippen molar-refractivity contribution in [1.82, 2.24) is 9.80 Å². The van der Waals surface area contributed by atoms with Crippen LogP contribution in [0.1, 0.15) is 13.3 Å². The van der Waals surface area contributed by atoms with Crippen LogP contribution < -0.4 is 51.4 Å². The first-order chi connectivity index (χ1) is 6.42. The molecule has 0 amide bonds. The number of rotatable bonds is 3. The third kappa shape index (κ3) is 6.05. The Bertz CT molecular complexity index is 191. The van der Waals surface area contributed by atoms with Crippen molar-refractivity contribution in [3.63, 3.8) is 0 Å². The van der Waals surface area contributed by atoms with E-state index in [1.54, 1.807) is 0 Å². The molecule has 0 aliphatic carbocycles. The van der Waals surface area contributed by atoms with E-state index in [9.17, 15) is 12.9 Å². The minimum Gasteiger partial charge on any atom is -0.448 e. The Morgan fingerprint density at radius 3 is 2.33 bits per heavy atom. The van der Waals surface area contributed by atoms with Crippen molar-refractivity contribution in [2.24, 2.45) is 0 Å². The first kappa shape index (κ1) is 16.4. The van der Waals surface area contributed by atoms with Gasteiger partial charge in [-0.3, -0.25) is 0 Å². The second kappa shape index (κ2) is 6.98. The maximum atomic E-state index is 12.2. The van der Waals surface area contributed by atoms with Crippen LogP contribution in [-0.4, -0.2) is 55.9 Å². The predicted molar refractivity (Wildman–Crippen MR) is 52.2 cm³/mol. The molecule has 84 valence electrons. The van der Waals surface area contributed by atoms with Gasteiger partial charge in [0.05, 0.1) is 0 Å². The van der Waals surface area contributed by atoms with Crippen LogP contribution in [0.3, 0.4) is 0 Å². The van der Waals surface area contributed by atoms with Crippen molar-refractivity contribution in [3.8, 4) is 0 Å². The minimum atomic E-state index is -4.66. The summed E-state index contributed by atoms with van der Waals surface area (Å²) in [6, 6.07) is 0.280. The van der Waals surface area contributed by atoms with E-state index in [0.717, 1.165) is 13.0 Å². The summed E-state index contributed by atoms with van der Waals surface area (Å²) in [5.41, 5.74) is 0. The molecule has 15 heavy (non-hydrogen) atoms. The van der Waals surface area contributed by atoms with Gasteiger partial charge in [-0.25, -0.2) is 0 Å². The minimum absolute atomic E-state index is 0. The summed E-state index contributed by atoms with van der Waals surface area (Å²) in [6.45, 7) is -0.821. The van der Waals surface area contributed by atoms with E-state index in [-0.39, 0.29) is 57.4 Å². The number of halogens is 3. The van der Waals surface area contributed by atoms with E-state index in [4.69, 9.17) is 0 Å². The van der Waals surface area contributed by atoms with Gasteiger partial charge in [0.25, 0.3) is 0 Å². The second-order valence-corrected chi connectivity index (χ2v) is 4.01. The summed E-state index contributed by atoms with van der Waals surface area (Å²) in [4.78, 5) is 3.66. The van der Waals surface area contributed by atoms with Crippen molar-refractivity contribution < 1.29 is 64.3 Å². The van der Waals surface area contributed by atoms with Gasteiger partial charge in [0, 0.05) is 25.7 Å². The zero-order valence-electron chi connectivity index (χ0n) is 9.72. The van der Waals surface area contributed by atoms with Crippen molar-refractivity contribution in [1.29, 1.82) is 0 Å². The van der Waals surface area contributed by atoms with Crippen molar-refractivity contribution in [2.45, 2.75) is 19.4 Å². The predicted octanol–water partition coefficient (Wildman–Crippen LogP) is -1.60. The number of likely N-dealkylation sites (N-methyl/N-ethyl adjacent to an activating group) is 1. The Balaban J connectivity index is 0.00000196. The SMILES string of the molecule is CCC1CN(C[B-](F)(F)F)CCN1C.[K+]. The molecule has 2 nitrogen and oxygen atoms in total. The summed E-state index contributed by atoms with van der Waals surface area (Å²) in [5, 5.41) is 0. The largest absolute Gasteiger partial charge is 1.00 e. The molecule has 1 fully saturated rings. The van der Waals surface area contributed by atoms with Gasteiger partial charge in [0.1, 0.15) is 0 Å². The number of piperazine rings is 1. The standard InChI is InChI=1S/C8H17BF3N2.K/c1-3-8-6-14(5-4-13(8)2)7-9(10,11)12;/h8H,3-7H2,1-2H3;/q-1;+1. The van der Waals surface area contributed by atoms with Gasteiger partial charge in [-0.05, 0) is 19.9 Å². The Morgan fingerprint density at radius 1 is 1.27 bits per heavy atom. The fourth-order valence-corrected chi connectivity index (χ4v) is 1.91. The zero-order valence-corrected chi connectivity index (χ0v) is 12.8. The topological polar surface area (TPSA) is 6.48 Å². The molecule has 0 bridgehead atoms. The Hall–Kier alpha value is 1.41. The van der Waals surface area contributed by atoms with Gasteiger partial charge >= 0.3 is 58.4 Å². The van der Waals surface area contributed by atoms with E-state index >= 15 is 0 Å². The summed E-state index contributed by atoms with van der Waals surface area (Å²) in [5.74, 6) is 0. The molecule has 1 unspecified atom stereocenters. The van der Waals surface area contributed by atoms with Gasteiger partial charge in [-0.1, -0.05) is 6.92 Å². The van der Waals surface area contributed by atoms with E-state index < -0.39 is 13.4 Å². The summed E-state index contributed by atoms with van der Waals surface area (Å²) >= 11 is 0. The summed E-state index contributed by atoms with van der Waals surface area (Å²) < 4.78 is 36.5. The van der Waals surface area contributed by atoms with Gasteiger partial charge in [-0.15, -0.1) is 0 Å². The molecule has 0 aromatic rings. The molecular weight excluding hydrogens is 231 g/mol. The van der Waals surface area contributed by atoms with E-state index in [1.165, 1.54) is 4.90 Å². The molecule has 1 rings (SSSR count). The summed E-state index contributed by atoms with van der Waals surface area (Å²) in [7, 11) is 1.98. The quantitative estimate of drug-likeness (QED) is 0.555. The molecule has 1 aliphatic heterocycles.